The van der Waals surface area contributed by atoms with Gasteiger partial charge in [-0.1, -0.05) is 37.0 Å². The van der Waals surface area contributed by atoms with Crippen LogP contribution in [0.1, 0.15) is 43.9 Å². The summed E-state index contributed by atoms with van der Waals surface area (Å²) in [5.41, 5.74) is 1.99. The fraction of sp³-hybridized carbons (Fsp3) is 0.400. The van der Waals surface area contributed by atoms with E-state index in [0.717, 1.165) is 29.8 Å². The Bertz CT molecular complexity index is 961. The summed E-state index contributed by atoms with van der Waals surface area (Å²) in [5.74, 6) is 2.97. The van der Waals surface area contributed by atoms with E-state index in [2.05, 4.69) is 48.4 Å². The third kappa shape index (κ3) is 6.57. The van der Waals surface area contributed by atoms with Crippen molar-refractivity contribution >= 4 is 27.7 Å². The van der Waals surface area contributed by atoms with Crippen LogP contribution in [-0.4, -0.2) is 36.0 Å². The molecule has 0 bridgehead atoms. The summed E-state index contributed by atoms with van der Waals surface area (Å²) >= 11 is 2.99. The first kappa shape index (κ1) is 23.8. The number of nitrogens with zero attached hydrogens (tertiary/aromatic N) is 1. The van der Waals surface area contributed by atoms with Gasteiger partial charge in [-0.05, 0) is 47.5 Å². The summed E-state index contributed by atoms with van der Waals surface area (Å²) in [6, 6.07) is 13.1. The maximum atomic E-state index is 12.4. The number of rotatable bonds is 9. The Kier molecular flexibility index (Phi) is 8.69. The summed E-state index contributed by atoms with van der Waals surface area (Å²) in [7, 11) is 0. The Balaban J connectivity index is 1.62. The molecule has 0 saturated heterocycles. The zero-order valence-corrected chi connectivity index (χ0v) is 19.8. The summed E-state index contributed by atoms with van der Waals surface area (Å²) in [5, 5.41) is 5.41. The van der Waals surface area contributed by atoms with Crippen LogP contribution >= 0.6 is 15.9 Å². The lowest BCUT2D eigenvalue weighted by Gasteiger charge is -2.28. The topological polar surface area (TPSA) is 80.3 Å². The Morgan fingerprint density at radius 2 is 1.94 bits per heavy atom. The second-order valence-electron chi connectivity index (χ2n) is 8.08. The van der Waals surface area contributed by atoms with Crippen LogP contribution in [0.2, 0.25) is 0 Å². The van der Waals surface area contributed by atoms with Crippen LogP contribution in [0, 0.1) is 10.8 Å². The van der Waals surface area contributed by atoms with E-state index < -0.39 is 6.04 Å². The second kappa shape index (κ2) is 11.7. The third-order valence-corrected chi connectivity index (χ3v) is 6.04. The molecule has 7 heteroatoms. The summed E-state index contributed by atoms with van der Waals surface area (Å²) in [4.78, 5) is 31.1. The van der Waals surface area contributed by atoms with Crippen molar-refractivity contribution in [2.45, 2.75) is 50.5 Å². The standard InChI is InChI=1S/C25H28BrN3O3/c1-19(30)29-22(24(31)28-16-6-14-26)17-20-8-10-21(11-9-20)32-18-25(12-3-4-13-25)23-7-2-5-15-27-23/h2,5,7-11,15,22H,3-4,12-13,16-18H2,1H3,(H,28,31)(H,29,30). The van der Waals surface area contributed by atoms with Crippen molar-refractivity contribution in [3.05, 3.63) is 59.9 Å². The zero-order chi connectivity index (χ0) is 22.8. The van der Waals surface area contributed by atoms with Crippen LogP contribution in [0.5, 0.6) is 5.75 Å². The van der Waals surface area contributed by atoms with Gasteiger partial charge in [-0.15, -0.1) is 0 Å². The van der Waals surface area contributed by atoms with Gasteiger partial charge in [0.1, 0.15) is 11.8 Å². The molecule has 2 amide bonds. The second-order valence-corrected chi connectivity index (χ2v) is 8.48. The Morgan fingerprint density at radius 3 is 2.56 bits per heavy atom. The predicted octanol–water partition coefficient (Wildman–Crippen LogP) is 3.49. The van der Waals surface area contributed by atoms with Crippen LogP contribution < -0.4 is 15.4 Å². The Labute approximate surface area is 197 Å². The first-order chi connectivity index (χ1) is 15.5. The number of hydrogen-bond acceptors (Lipinski definition) is 4. The average molecular weight is 498 g/mol. The molecular weight excluding hydrogens is 470 g/mol. The SMILES string of the molecule is CC(=O)NC(Cc1ccc(OCC2(c3ccccn3)CCCC2)cc1)C(=O)NCC#CBr. The number of carbonyl (C=O) groups excluding carboxylic acids is 2. The summed E-state index contributed by atoms with van der Waals surface area (Å²) < 4.78 is 6.18. The molecule has 0 spiro atoms. The third-order valence-electron chi connectivity index (χ3n) is 5.76. The first-order valence-electron chi connectivity index (χ1n) is 10.8. The molecule has 2 aromatic rings. The van der Waals surface area contributed by atoms with Gasteiger partial charge in [0.15, 0.2) is 0 Å². The lowest BCUT2D eigenvalue weighted by Crippen LogP contribution is -2.47. The minimum absolute atomic E-state index is 0.0352. The highest BCUT2D eigenvalue weighted by Crippen LogP contribution is 2.40. The van der Waals surface area contributed by atoms with E-state index in [1.165, 1.54) is 19.8 Å². The fourth-order valence-electron chi connectivity index (χ4n) is 4.12. The summed E-state index contributed by atoms with van der Waals surface area (Å²) in [6.07, 6.45) is 6.76. The Morgan fingerprint density at radius 1 is 1.19 bits per heavy atom. The number of amides is 2. The summed E-state index contributed by atoms with van der Waals surface area (Å²) in [6.45, 7) is 2.20. The number of benzene rings is 1. The van der Waals surface area contributed by atoms with E-state index in [1.807, 2.05) is 42.6 Å². The van der Waals surface area contributed by atoms with E-state index in [0.29, 0.717) is 13.0 Å². The van der Waals surface area contributed by atoms with Gasteiger partial charge in [-0.3, -0.25) is 14.6 Å². The van der Waals surface area contributed by atoms with Gasteiger partial charge < -0.3 is 15.4 Å². The molecule has 1 heterocycles. The lowest BCUT2D eigenvalue weighted by atomic mass is 9.83. The maximum Gasteiger partial charge on any atom is 0.243 e. The molecule has 1 atom stereocenters. The average Bonchev–Trinajstić information content (AvgIpc) is 3.29. The van der Waals surface area contributed by atoms with Crippen molar-refractivity contribution < 1.29 is 14.3 Å². The number of nitrogens with one attached hydrogen (secondary N) is 2. The molecule has 1 aromatic heterocycles. The fourth-order valence-corrected chi connectivity index (χ4v) is 4.26. The van der Waals surface area contributed by atoms with Crippen LogP contribution in [-0.2, 0) is 21.4 Å². The van der Waals surface area contributed by atoms with Crippen molar-refractivity contribution in [3.63, 3.8) is 0 Å². The molecular formula is C25H28BrN3O3. The molecule has 1 aliphatic rings. The lowest BCUT2D eigenvalue weighted by molar-refractivity contribution is -0.127. The van der Waals surface area contributed by atoms with Gasteiger partial charge in [0.25, 0.3) is 0 Å². The molecule has 1 saturated carbocycles. The molecule has 0 radical (unpaired) electrons. The molecule has 0 aliphatic heterocycles. The highest BCUT2D eigenvalue weighted by molar-refractivity contribution is 9.12. The number of ether oxygens (including phenoxy) is 1. The number of carbonyl (C=O) groups is 2. The molecule has 1 fully saturated rings. The predicted molar refractivity (Wildman–Crippen MR) is 127 cm³/mol. The minimum atomic E-state index is -0.665. The number of hydrogen-bond donors (Lipinski definition) is 2. The molecule has 1 unspecified atom stereocenters. The maximum absolute atomic E-state index is 12.4. The van der Waals surface area contributed by atoms with Crippen LogP contribution in [0.15, 0.2) is 48.7 Å². The first-order valence-corrected chi connectivity index (χ1v) is 11.6. The van der Waals surface area contributed by atoms with Crippen molar-refractivity contribution in [3.8, 4) is 16.5 Å². The van der Waals surface area contributed by atoms with Crippen molar-refractivity contribution in [2.75, 3.05) is 13.2 Å². The van der Waals surface area contributed by atoms with E-state index in [1.54, 1.807) is 0 Å². The van der Waals surface area contributed by atoms with E-state index in [4.69, 9.17) is 4.74 Å². The van der Waals surface area contributed by atoms with E-state index >= 15 is 0 Å². The quantitative estimate of drug-likeness (QED) is 0.519. The van der Waals surface area contributed by atoms with E-state index in [9.17, 15) is 9.59 Å². The van der Waals surface area contributed by atoms with Gasteiger partial charge in [-0.2, -0.15) is 0 Å². The van der Waals surface area contributed by atoms with Crippen LogP contribution in [0.25, 0.3) is 0 Å². The normalized spacial score (nSPS) is 15.2. The monoisotopic (exact) mass is 497 g/mol. The van der Waals surface area contributed by atoms with Crippen molar-refractivity contribution in [1.29, 1.82) is 0 Å². The van der Waals surface area contributed by atoms with Crippen molar-refractivity contribution in [2.24, 2.45) is 0 Å². The molecule has 6 nitrogen and oxygen atoms in total. The highest BCUT2D eigenvalue weighted by Gasteiger charge is 2.37. The van der Waals surface area contributed by atoms with Gasteiger partial charge in [0, 0.05) is 46.6 Å². The molecule has 3 rings (SSSR count). The largest absolute Gasteiger partial charge is 0.493 e. The Hall–Kier alpha value is -2.85. The van der Waals surface area contributed by atoms with Crippen LogP contribution in [0.3, 0.4) is 0 Å². The number of pyridine rings is 1. The van der Waals surface area contributed by atoms with Gasteiger partial charge >= 0.3 is 0 Å². The number of aromatic nitrogens is 1. The van der Waals surface area contributed by atoms with Gasteiger partial charge in [0.05, 0.1) is 13.2 Å². The molecule has 32 heavy (non-hydrogen) atoms. The molecule has 1 aliphatic carbocycles. The molecule has 168 valence electrons. The van der Waals surface area contributed by atoms with Gasteiger partial charge in [0.2, 0.25) is 11.8 Å². The van der Waals surface area contributed by atoms with E-state index in [-0.39, 0.29) is 23.8 Å². The molecule has 1 aromatic carbocycles. The highest BCUT2D eigenvalue weighted by atomic mass is 79.9. The minimum Gasteiger partial charge on any atom is -0.493 e. The molecule has 2 N–H and O–H groups in total. The smallest absolute Gasteiger partial charge is 0.243 e. The van der Waals surface area contributed by atoms with Crippen molar-refractivity contribution in [1.82, 2.24) is 15.6 Å². The van der Waals surface area contributed by atoms with Gasteiger partial charge in [-0.25, -0.2) is 0 Å². The number of halogens is 1. The zero-order valence-electron chi connectivity index (χ0n) is 18.2. The van der Waals surface area contributed by atoms with Crippen LogP contribution in [0.4, 0.5) is 0 Å².